The molecule has 1 aliphatic heterocycles. The van der Waals surface area contributed by atoms with Crippen molar-refractivity contribution >= 4 is 0 Å². The summed E-state index contributed by atoms with van der Waals surface area (Å²) in [5.41, 5.74) is 1.20. The lowest BCUT2D eigenvalue weighted by Gasteiger charge is -2.17. The van der Waals surface area contributed by atoms with Gasteiger partial charge in [-0.2, -0.15) is 5.26 Å². The van der Waals surface area contributed by atoms with E-state index in [0.717, 1.165) is 26.1 Å². The molecule has 0 radical (unpaired) electrons. The average molecular weight is 200 g/mol. The second-order valence-electron chi connectivity index (χ2n) is 4.62. The van der Waals surface area contributed by atoms with E-state index in [1.165, 1.54) is 5.56 Å². The van der Waals surface area contributed by atoms with Crippen molar-refractivity contribution in [1.82, 2.24) is 4.90 Å². The average Bonchev–Trinajstić information content (AvgIpc) is 2.63. The molecule has 0 N–H and O–H groups in total. The summed E-state index contributed by atoms with van der Waals surface area (Å²) >= 11 is 0. The zero-order chi connectivity index (χ0) is 10.7. The molecule has 1 fully saturated rings. The molecule has 0 bridgehead atoms. The number of nitrogens with zero attached hydrogens (tertiary/aromatic N) is 2. The van der Waals surface area contributed by atoms with Crippen LogP contribution in [-0.2, 0) is 6.54 Å². The summed E-state index contributed by atoms with van der Waals surface area (Å²) in [6.07, 6.45) is 0.996. The summed E-state index contributed by atoms with van der Waals surface area (Å²) in [4.78, 5) is 2.36. The van der Waals surface area contributed by atoms with Gasteiger partial charge in [-0.3, -0.25) is 4.90 Å². The Bertz CT molecular complexity index is 366. The topological polar surface area (TPSA) is 27.0 Å². The maximum atomic E-state index is 9.03. The Hall–Kier alpha value is -1.33. The van der Waals surface area contributed by atoms with Crippen molar-refractivity contribution in [2.24, 2.45) is 5.41 Å². The van der Waals surface area contributed by atoms with Gasteiger partial charge in [-0.15, -0.1) is 0 Å². The third kappa shape index (κ3) is 2.37. The van der Waals surface area contributed by atoms with E-state index in [1.54, 1.807) is 0 Å². The first-order valence-electron chi connectivity index (χ1n) is 5.39. The second-order valence-corrected chi connectivity index (χ2v) is 4.62. The van der Waals surface area contributed by atoms with Crippen LogP contribution < -0.4 is 0 Å². The molecular formula is C13H16N2. The lowest BCUT2D eigenvalue weighted by atomic mass is 9.92. The van der Waals surface area contributed by atoms with E-state index >= 15 is 0 Å². The van der Waals surface area contributed by atoms with Crippen LogP contribution in [0.1, 0.15) is 18.9 Å². The van der Waals surface area contributed by atoms with E-state index in [0.29, 0.717) is 0 Å². The third-order valence-electron chi connectivity index (χ3n) is 3.07. The van der Waals surface area contributed by atoms with Crippen LogP contribution in [-0.4, -0.2) is 18.0 Å². The minimum atomic E-state index is -0.130. The number of hydrogen-bond acceptors (Lipinski definition) is 2. The summed E-state index contributed by atoms with van der Waals surface area (Å²) in [5.74, 6) is 0. The molecule has 1 heterocycles. The zero-order valence-electron chi connectivity index (χ0n) is 9.11. The van der Waals surface area contributed by atoms with Gasteiger partial charge >= 0.3 is 0 Å². The minimum absolute atomic E-state index is 0.130. The van der Waals surface area contributed by atoms with Crippen LogP contribution in [0.2, 0.25) is 0 Å². The fraction of sp³-hybridized carbons (Fsp3) is 0.462. The molecule has 0 aliphatic carbocycles. The first kappa shape index (κ1) is 10.2. The molecule has 2 heteroatoms. The highest BCUT2D eigenvalue weighted by Crippen LogP contribution is 2.29. The molecule has 1 aromatic carbocycles. The van der Waals surface area contributed by atoms with Gasteiger partial charge in [0.1, 0.15) is 0 Å². The van der Waals surface area contributed by atoms with Gasteiger partial charge in [0.15, 0.2) is 0 Å². The van der Waals surface area contributed by atoms with Crippen LogP contribution in [0, 0.1) is 16.7 Å². The second kappa shape index (κ2) is 4.04. The van der Waals surface area contributed by atoms with Crippen molar-refractivity contribution in [3.05, 3.63) is 35.9 Å². The highest BCUT2D eigenvalue weighted by Gasteiger charge is 2.33. The number of likely N-dealkylation sites (tertiary alicyclic amines) is 1. The fourth-order valence-corrected chi connectivity index (χ4v) is 2.12. The molecule has 1 saturated heterocycles. The SMILES string of the molecule is CC1(C#N)CCN(Cc2ccccc2)C1. The number of nitriles is 1. The highest BCUT2D eigenvalue weighted by atomic mass is 15.2. The maximum Gasteiger partial charge on any atom is 0.0700 e. The predicted octanol–water partition coefficient (Wildman–Crippen LogP) is 2.42. The predicted molar refractivity (Wildman–Crippen MR) is 60.1 cm³/mol. The molecule has 0 spiro atoms. The van der Waals surface area contributed by atoms with E-state index in [-0.39, 0.29) is 5.41 Å². The Kier molecular flexibility index (Phi) is 2.75. The molecule has 78 valence electrons. The smallest absolute Gasteiger partial charge is 0.0700 e. The molecule has 0 amide bonds. The standard InChI is InChI=1S/C13H16N2/c1-13(10-14)7-8-15(11-13)9-12-5-3-2-4-6-12/h2-6H,7-9,11H2,1H3. The van der Waals surface area contributed by atoms with Gasteiger partial charge in [0.05, 0.1) is 11.5 Å². The normalized spacial score (nSPS) is 26.4. The van der Waals surface area contributed by atoms with E-state index in [1.807, 2.05) is 6.07 Å². The summed E-state index contributed by atoms with van der Waals surface area (Å²) < 4.78 is 0. The van der Waals surface area contributed by atoms with Gasteiger partial charge in [0.2, 0.25) is 0 Å². The first-order chi connectivity index (χ1) is 7.22. The number of benzene rings is 1. The van der Waals surface area contributed by atoms with Crippen molar-refractivity contribution in [2.75, 3.05) is 13.1 Å². The monoisotopic (exact) mass is 200 g/mol. The van der Waals surface area contributed by atoms with Crippen molar-refractivity contribution < 1.29 is 0 Å². The third-order valence-corrected chi connectivity index (χ3v) is 3.07. The van der Waals surface area contributed by atoms with Crippen LogP contribution >= 0.6 is 0 Å². The zero-order valence-corrected chi connectivity index (χ0v) is 9.11. The van der Waals surface area contributed by atoms with Crippen LogP contribution in [0.5, 0.6) is 0 Å². The molecular weight excluding hydrogens is 184 g/mol. The molecule has 1 atom stereocenters. The van der Waals surface area contributed by atoms with Crippen LogP contribution in [0.15, 0.2) is 30.3 Å². The molecule has 2 rings (SSSR count). The Labute approximate surface area is 91.1 Å². The van der Waals surface area contributed by atoms with Crippen molar-refractivity contribution in [3.8, 4) is 6.07 Å². The van der Waals surface area contributed by atoms with Crippen molar-refractivity contribution in [2.45, 2.75) is 19.9 Å². The Balaban J connectivity index is 1.97. The van der Waals surface area contributed by atoms with Crippen LogP contribution in [0.4, 0.5) is 0 Å². The van der Waals surface area contributed by atoms with Gasteiger partial charge in [-0.1, -0.05) is 30.3 Å². The van der Waals surface area contributed by atoms with Crippen LogP contribution in [0.3, 0.4) is 0 Å². The maximum absolute atomic E-state index is 9.03. The molecule has 15 heavy (non-hydrogen) atoms. The number of rotatable bonds is 2. The van der Waals surface area contributed by atoms with Gasteiger partial charge in [0.25, 0.3) is 0 Å². The quantitative estimate of drug-likeness (QED) is 0.733. The van der Waals surface area contributed by atoms with E-state index in [2.05, 4.69) is 42.2 Å². The highest BCUT2D eigenvalue weighted by molar-refractivity contribution is 5.15. The van der Waals surface area contributed by atoms with Gasteiger partial charge in [0, 0.05) is 19.6 Å². The first-order valence-corrected chi connectivity index (χ1v) is 5.39. The lowest BCUT2D eigenvalue weighted by molar-refractivity contribution is 0.303. The lowest BCUT2D eigenvalue weighted by Crippen LogP contribution is -2.23. The molecule has 1 unspecified atom stereocenters. The van der Waals surface area contributed by atoms with E-state index < -0.39 is 0 Å². The van der Waals surface area contributed by atoms with Gasteiger partial charge in [-0.05, 0) is 18.9 Å². The van der Waals surface area contributed by atoms with Crippen molar-refractivity contribution in [1.29, 1.82) is 5.26 Å². The molecule has 1 aliphatic rings. The Morgan fingerprint density at radius 3 is 2.73 bits per heavy atom. The molecule has 1 aromatic rings. The Morgan fingerprint density at radius 2 is 2.13 bits per heavy atom. The summed E-state index contributed by atoms with van der Waals surface area (Å²) in [6, 6.07) is 12.9. The van der Waals surface area contributed by atoms with E-state index in [4.69, 9.17) is 5.26 Å². The van der Waals surface area contributed by atoms with Crippen LogP contribution in [0.25, 0.3) is 0 Å². The number of hydrogen-bond donors (Lipinski definition) is 0. The van der Waals surface area contributed by atoms with Gasteiger partial charge in [-0.25, -0.2) is 0 Å². The summed E-state index contributed by atoms with van der Waals surface area (Å²) in [6.45, 7) is 4.97. The molecule has 0 aromatic heterocycles. The fourth-order valence-electron chi connectivity index (χ4n) is 2.12. The van der Waals surface area contributed by atoms with Crippen molar-refractivity contribution in [3.63, 3.8) is 0 Å². The minimum Gasteiger partial charge on any atom is -0.297 e. The van der Waals surface area contributed by atoms with Gasteiger partial charge < -0.3 is 0 Å². The molecule has 0 saturated carbocycles. The summed E-state index contributed by atoms with van der Waals surface area (Å²) in [5, 5.41) is 9.03. The van der Waals surface area contributed by atoms with E-state index in [9.17, 15) is 0 Å². The summed E-state index contributed by atoms with van der Waals surface area (Å²) in [7, 11) is 0. The molecule has 2 nitrogen and oxygen atoms in total. The largest absolute Gasteiger partial charge is 0.297 e. The Morgan fingerprint density at radius 1 is 1.40 bits per heavy atom.